The maximum atomic E-state index is 5.34. The minimum Gasteiger partial charge on any atom is -0.334 e. The summed E-state index contributed by atoms with van der Waals surface area (Å²) in [6, 6.07) is 6.42. The predicted octanol–water partition coefficient (Wildman–Crippen LogP) is 2.80. The molecule has 0 aliphatic rings. The first-order valence-corrected chi connectivity index (χ1v) is 6.95. The van der Waals surface area contributed by atoms with Gasteiger partial charge in [0.15, 0.2) is 5.82 Å². The predicted molar refractivity (Wildman–Crippen MR) is 79.4 cm³/mol. The van der Waals surface area contributed by atoms with Gasteiger partial charge in [0.1, 0.15) is 0 Å². The van der Waals surface area contributed by atoms with E-state index in [9.17, 15) is 0 Å². The standard InChI is InChI=1S/C13H16IN3O/c1-8(15-3)7-12-16-13(18-17-12)10-5-4-6-11(14)9(10)2/h4-6,8,15H,7H2,1-3H3. The number of likely N-dealkylation sites (N-methyl/N-ethyl adjacent to an activating group) is 1. The molecule has 0 bridgehead atoms. The van der Waals surface area contributed by atoms with E-state index in [4.69, 9.17) is 4.52 Å². The van der Waals surface area contributed by atoms with Gasteiger partial charge in [0.25, 0.3) is 5.89 Å². The van der Waals surface area contributed by atoms with Crippen LogP contribution in [0, 0.1) is 10.5 Å². The first kappa shape index (κ1) is 13.5. The lowest BCUT2D eigenvalue weighted by atomic mass is 10.1. The summed E-state index contributed by atoms with van der Waals surface area (Å²) in [5, 5.41) is 7.18. The molecule has 4 nitrogen and oxygen atoms in total. The molecular formula is C13H16IN3O. The van der Waals surface area contributed by atoms with Crippen molar-refractivity contribution in [1.29, 1.82) is 0 Å². The van der Waals surface area contributed by atoms with Crippen molar-refractivity contribution >= 4 is 22.6 Å². The second kappa shape index (κ2) is 5.79. The van der Waals surface area contributed by atoms with Crippen molar-refractivity contribution in [2.24, 2.45) is 0 Å². The van der Waals surface area contributed by atoms with Gasteiger partial charge in [0.2, 0.25) is 0 Å². The number of nitrogens with one attached hydrogen (secondary N) is 1. The Hall–Kier alpha value is -0.950. The highest BCUT2D eigenvalue weighted by molar-refractivity contribution is 14.1. The highest BCUT2D eigenvalue weighted by Crippen LogP contribution is 2.25. The summed E-state index contributed by atoms with van der Waals surface area (Å²) in [6.45, 7) is 4.16. The van der Waals surface area contributed by atoms with Crippen LogP contribution in [0.25, 0.3) is 11.5 Å². The molecule has 18 heavy (non-hydrogen) atoms. The van der Waals surface area contributed by atoms with Crippen LogP contribution < -0.4 is 5.32 Å². The molecule has 0 saturated carbocycles. The third-order valence-electron chi connectivity index (χ3n) is 2.95. The highest BCUT2D eigenvalue weighted by Gasteiger charge is 2.13. The molecule has 1 atom stereocenters. The Labute approximate surface area is 120 Å². The number of hydrogen-bond donors (Lipinski definition) is 1. The Morgan fingerprint density at radius 1 is 1.44 bits per heavy atom. The third kappa shape index (κ3) is 2.89. The second-order valence-corrected chi connectivity index (χ2v) is 5.48. The summed E-state index contributed by atoms with van der Waals surface area (Å²) in [5.74, 6) is 1.34. The number of halogens is 1. The fourth-order valence-electron chi connectivity index (χ4n) is 1.66. The number of nitrogens with zero attached hydrogens (tertiary/aromatic N) is 2. The first-order valence-electron chi connectivity index (χ1n) is 5.87. The number of hydrogen-bond acceptors (Lipinski definition) is 4. The number of benzene rings is 1. The van der Waals surface area contributed by atoms with Crippen molar-refractivity contribution in [3.8, 4) is 11.5 Å². The summed E-state index contributed by atoms with van der Waals surface area (Å²) in [4.78, 5) is 4.45. The maximum absolute atomic E-state index is 5.34. The summed E-state index contributed by atoms with van der Waals surface area (Å²) in [7, 11) is 1.93. The van der Waals surface area contributed by atoms with E-state index in [1.807, 2.05) is 19.2 Å². The Bertz CT molecular complexity index is 539. The van der Waals surface area contributed by atoms with E-state index in [1.165, 1.54) is 9.13 Å². The zero-order chi connectivity index (χ0) is 13.1. The zero-order valence-corrected chi connectivity index (χ0v) is 12.9. The molecule has 1 aromatic heterocycles. The molecule has 1 unspecified atom stereocenters. The van der Waals surface area contributed by atoms with Crippen LogP contribution in [0.15, 0.2) is 22.7 Å². The van der Waals surface area contributed by atoms with Gasteiger partial charge >= 0.3 is 0 Å². The minimum atomic E-state index is 0.340. The van der Waals surface area contributed by atoms with Crippen molar-refractivity contribution in [2.75, 3.05) is 7.05 Å². The van der Waals surface area contributed by atoms with Crippen LogP contribution in [0.5, 0.6) is 0 Å². The van der Waals surface area contributed by atoms with Crippen LogP contribution in [0.2, 0.25) is 0 Å². The van der Waals surface area contributed by atoms with Crippen molar-refractivity contribution in [3.05, 3.63) is 33.2 Å². The van der Waals surface area contributed by atoms with Crippen LogP contribution in [0.4, 0.5) is 0 Å². The largest absolute Gasteiger partial charge is 0.334 e. The zero-order valence-electron chi connectivity index (χ0n) is 10.7. The molecule has 1 N–H and O–H groups in total. The molecule has 2 rings (SSSR count). The summed E-state index contributed by atoms with van der Waals surface area (Å²) in [5.41, 5.74) is 2.19. The molecule has 0 fully saturated rings. The maximum Gasteiger partial charge on any atom is 0.258 e. The van der Waals surface area contributed by atoms with Crippen LogP contribution in [0.3, 0.4) is 0 Å². The smallest absolute Gasteiger partial charge is 0.258 e. The first-order chi connectivity index (χ1) is 8.61. The molecule has 2 aromatic rings. The Balaban J connectivity index is 2.27. The molecule has 0 spiro atoms. The molecule has 96 valence electrons. The fourth-order valence-corrected chi connectivity index (χ4v) is 2.16. The van der Waals surface area contributed by atoms with E-state index in [0.29, 0.717) is 11.9 Å². The summed E-state index contributed by atoms with van der Waals surface area (Å²) < 4.78 is 6.54. The Morgan fingerprint density at radius 3 is 2.94 bits per heavy atom. The topological polar surface area (TPSA) is 51.0 Å². The third-order valence-corrected chi connectivity index (χ3v) is 4.12. The van der Waals surface area contributed by atoms with E-state index in [2.05, 4.69) is 58.0 Å². The molecule has 1 aromatic carbocycles. The molecule has 0 aliphatic heterocycles. The van der Waals surface area contributed by atoms with Gasteiger partial charge in [-0.3, -0.25) is 0 Å². The van der Waals surface area contributed by atoms with Crippen molar-refractivity contribution in [1.82, 2.24) is 15.5 Å². The monoisotopic (exact) mass is 357 g/mol. The highest BCUT2D eigenvalue weighted by atomic mass is 127. The molecular weight excluding hydrogens is 341 g/mol. The molecule has 0 radical (unpaired) electrons. The lowest BCUT2D eigenvalue weighted by Gasteiger charge is -2.05. The second-order valence-electron chi connectivity index (χ2n) is 4.32. The number of aromatic nitrogens is 2. The van der Waals surface area contributed by atoms with Gasteiger partial charge in [0, 0.05) is 21.6 Å². The van der Waals surface area contributed by atoms with Gasteiger partial charge in [-0.25, -0.2) is 0 Å². The van der Waals surface area contributed by atoms with Crippen LogP contribution in [0.1, 0.15) is 18.3 Å². The van der Waals surface area contributed by atoms with E-state index in [0.717, 1.165) is 17.8 Å². The normalized spacial score (nSPS) is 12.7. The van der Waals surface area contributed by atoms with Crippen molar-refractivity contribution < 1.29 is 4.52 Å². The average Bonchev–Trinajstić information content (AvgIpc) is 2.80. The Morgan fingerprint density at radius 2 is 2.22 bits per heavy atom. The minimum absolute atomic E-state index is 0.340. The van der Waals surface area contributed by atoms with Gasteiger partial charge in [-0.2, -0.15) is 4.98 Å². The van der Waals surface area contributed by atoms with Crippen LogP contribution >= 0.6 is 22.6 Å². The lowest BCUT2D eigenvalue weighted by molar-refractivity contribution is 0.418. The molecule has 1 heterocycles. The van der Waals surface area contributed by atoms with Crippen LogP contribution in [-0.2, 0) is 6.42 Å². The van der Waals surface area contributed by atoms with Crippen molar-refractivity contribution in [3.63, 3.8) is 0 Å². The van der Waals surface area contributed by atoms with E-state index < -0.39 is 0 Å². The fraction of sp³-hybridized carbons (Fsp3) is 0.385. The summed E-state index contributed by atoms with van der Waals surface area (Å²) in [6.07, 6.45) is 0.767. The molecule has 5 heteroatoms. The average molecular weight is 357 g/mol. The van der Waals surface area contributed by atoms with Crippen LogP contribution in [-0.4, -0.2) is 23.2 Å². The molecule has 0 saturated heterocycles. The van der Waals surface area contributed by atoms with E-state index >= 15 is 0 Å². The molecule has 0 amide bonds. The van der Waals surface area contributed by atoms with Gasteiger partial charge in [-0.05, 0) is 61.2 Å². The quantitative estimate of drug-likeness (QED) is 0.855. The Kier molecular flexibility index (Phi) is 4.34. The van der Waals surface area contributed by atoms with E-state index in [1.54, 1.807) is 0 Å². The van der Waals surface area contributed by atoms with Gasteiger partial charge in [-0.15, -0.1) is 0 Å². The lowest BCUT2D eigenvalue weighted by Crippen LogP contribution is -2.24. The van der Waals surface area contributed by atoms with Crippen molar-refractivity contribution in [2.45, 2.75) is 26.3 Å². The summed E-state index contributed by atoms with van der Waals surface area (Å²) >= 11 is 2.31. The van der Waals surface area contributed by atoms with E-state index in [-0.39, 0.29) is 0 Å². The van der Waals surface area contributed by atoms with Gasteiger partial charge in [-0.1, -0.05) is 11.2 Å². The van der Waals surface area contributed by atoms with Gasteiger partial charge < -0.3 is 9.84 Å². The van der Waals surface area contributed by atoms with Gasteiger partial charge in [0.05, 0.1) is 0 Å². The number of rotatable bonds is 4. The SMILES string of the molecule is CNC(C)Cc1noc(-c2cccc(I)c2C)n1. The molecule has 0 aliphatic carbocycles.